The van der Waals surface area contributed by atoms with Gasteiger partial charge in [0.05, 0.1) is 11.2 Å². The van der Waals surface area contributed by atoms with Crippen molar-refractivity contribution in [3.8, 4) is 17.0 Å². The van der Waals surface area contributed by atoms with Crippen molar-refractivity contribution in [3.05, 3.63) is 60.7 Å². The van der Waals surface area contributed by atoms with Crippen molar-refractivity contribution in [2.24, 2.45) is 0 Å². The van der Waals surface area contributed by atoms with Gasteiger partial charge in [0.25, 0.3) is 0 Å². The van der Waals surface area contributed by atoms with Gasteiger partial charge in [0.2, 0.25) is 0 Å². The van der Waals surface area contributed by atoms with E-state index in [1.54, 1.807) is 12.1 Å². The highest BCUT2D eigenvalue weighted by Crippen LogP contribution is 2.25. The van der Waals surface area contributed by atoms with Crippen molar-refractivity contribution in [3.63, 3.8) is 0 Å². The summed E-state index contributed by atoms with van der Waals surface area (Å²) >= 11 is 0. The number of hydrogen-bond acceptors (Lipinski definition) is 2. The van der Waals surface area contributed by atoms with Crippen molar-refractivity contribution < 1.29 is 17.9 Å². The number of alkyl halides is 3. The first-order valence-corrected chi connectivity index (χ1v) is 6.67. The summed E-state index contributed by atoms with van der Waals surface area (Å²) in [4.78, 5) is 4.52. The fourth-order valence-electron chi connectivity index (χ4n) is 2.13. The Morgan fingerprint density at radius 2 is 1.68 bits per heavy atom. The minimum absolute atomic E-state index is 0.180. The Balaban J connectivity index is 1.88. The zero-order chi connectivity index (χ0) is 15.6. The van der Waals surface area contributed by atoms with E-state index >= 15 is 0 Å². The minimum atomic E-state index is -4.34. The number of rotatable bonds is 3. The van der Waals surface area contributed by atoms with Crippen LogP contribution in [0.2, 0.25) is 0 Å². The number of pyridine rings is 1. The van der Waals surface area contributed by atoms with E-state index in [1.165, 1.54) is 6.07 Å². The van der Waals surface area contributed by atoms with E-state index in [0.29, 0.717) is 5.52 Å². The standard InChI is InChI=1S/C17H12F3NO/c18-17(19,20)11-22-14-7-9-16-13(10-14)6-8-15(21-16)12-4-2-1-3-5-12/h1-10H,11H2. The number of nitrogens with zero attached hydrogens (tertiary/aromatic N) is 1. The molecule has 2 aromatic carbocycles. The molecule has 0 saturated heterocycles. The lowest BCUT2D eigenvalue weighted by molar-refractivity contribution is -0.153. The quantitative estimate of drug-likeness (QED) is 0.690. The molecule has 0 amide bonds. The first kappa shape index (κ1) is 14.4. The fraction of sp³-hybridized carbons (Fsp3) is 0.118. The summed E-state index contributed by atoms with van der Waals surface area (Å²) in [5.41, 5.74) is 2.51. The Kier molecular flexibility index (Phi) is 3.71. The van der Waals surface area contributed by atoms with Gasteiger partial charge in [-0.15, -0.1) is 0 Å². The number of ether oxygens (including phenoxy) is 1. The molecule has 0 unspecified atom stereocenters. The highest BCUT2D eigenvalue weighted by molar-refractivity contribution is 5.82. The van der Waals surface area contributed by atoms with E-state index in [9.17, 15) is 13.2 Å². The summed E-state index contributed by atoms with van der Waals surface area (Å²) in [5.74, 6) is 0.180. The van der Waals surface area contributed by atoms with Gasteiger partial charge in [0.15, 0.2) is 6.61 Å². The van der Waals surface area contributed by atoms with Crippen molar-refractivity contribution in [1.29, 1.82) is 0 Å². The van der Waals surface area contributed by atoms with Crippen LogP contribution in [0.1, 0.15) is 0 Å². The summed E-state index contributed by atoms with van der Waals surface area (Å²) < 4.78 is 41.2. The molecular weight excluding hydrogens is 291 g/mol. The molecule has 0 radical (unpaired) electrons. The maximum atomic E-state index is 12.2. The number of benzene rings is 2. The van der Waals surface area contributed by atoms with Crippen LogP contribution in [0.25, 0.3) is 22.2 Å². The van der Waals surface area contributed by atoms with E-state index in [0.717, 1.165) is 16.6 Å². The molecule has 0 atom stereocenters. The van der Waals surface area contributed by atoms with Gasteiger partial charge in [-0.2, -0.15) is 13.2 Å². The Morgan fingerprint density at radius 1 is 0.909 bits per heavy atom. The third kappa shape index (κ3) is 3.36. The van der Waals surface area contributed by atoms with Crippen LogP contribution in [0.4, 0.5) is 13.2 Å². The summed E-state index contributed by atoms with van der Waals surface area (Å²) in [5, 5.41) is 0.736. The lowest BCUT2D eigenvalue weighted by Gasteiger charge is -2.10. The zero-order valence-electron chi connectivity index (χ0n) is 11.5. The predicted octanol–water partition coefficient (Wildman–Crippen LogP) is 4.84. The second-order valence-corrected chi connectivity index (χ2v) is 4.82. The highest BCUT2D eigenvalue weighted by atomic mass is 19.4. The first-order valence-electron chi connectivity index (χ1n) is 6.67. The average Bonchev–Trinajstić information content (AvgIpc) is 2.52. The molecule has 0 aliphatic rings. The van der Waals surface area contributed by atoms with E-state index < -0.39 is 12.8 Å². The molecule has 1 heterocycles. The van der Waals surface area contributed by atoms with Gasteiger partial charge in [-0.25, -0.2) is 4.98 Å². The SMILES string of the molecule is FC(F)(F)COc1ccc2nc(-c3ccccc3)ccc2c1. The number of aromatic nitrogens is 1. The summed E-state index contributed by atoms with van der Waals surface area (Å²) in [6.07, 6.45) is -4.34. The largest absolute Gasteiger partial charge is 0.484 e. The van der Waals surface area contributed by atoms with Crippen LogP contribution in [0.3, 0.4) is 0 Å². The number of fused-ring (bicyclic) bond motifs is 1. The maximum absolute atomic E-state index is 12.2. The molecule has 2 nitrogen and oxygen atoms in total. The summed E-state index contributed by atoms with van der Waals surface area (Å²) in [6, 6.07) is 18.1. The molecular formula is C17H12F3NO. The highest BCUT2D eigenvalue weighted by Gasteiger charge is 2.28. The second-order valence-electron chi connectivity index (χ2n) is 4.82. The van der Waals surface area contributed by atoms with E-state index in [-0.39, 0.29) is 5.75 Å². The third-order valence-electron chi connectivity index (χ3n) is 3.13. The normalized spacial score (nSPS) is 11.6. The second kappa shape index (κ2) is 5.67. The molecule has 0 saturated carbocycles. The molecule has 1 aromatic heterocycles. The molecule has 112 valence electrons. The fourth-order valence-corrected chi connectivity index (χ4v) is 2.13. The van der Waals surface area contributed by atoms with Crippen LogP contribution >= 0.6 is 0 Å². The van der Waals surface area contributed by atoms with Gasteiger partial charge in [-0.3, -0.25) is 0 Å². The smallest absolute Gasteiger partial charge is 0.422 e. The van der Waals surface area contributed by atoms with Gasteiger partial charge in [-0.05, 0) is 24.3 Å². The molecule has 22 heavy (non-hydrogen) atoms. The lowest BCUT2D eigenvalue weighted by atomic mass is 10.1. The minimum Gasteiger partial charge on any atom is -0.484 e. The topological polar surface area (TPSA) is 22.1 Å². The molecule has 3 aromatic rings. The van der Waals surface area contributed by atoms with Gasteiger partial charge >= 0.3 is 6.18 Å². The molecule has 0 fully saturated rings. The van der Waals surface area contributed by atoms with Crippen LogP contribution < -0.4 is 4.74 Å². The average molecular weight is 303 g/mol. The first-order chi connectivity index (χ1) is 10.5. The monoisotopic (exact) mass is 303 g/mol. The van der Waals surface area contributed by atoms with Crippen LogP contribution in [0.15, 0.2) is 60.7 Å². The van der Waals surface area contributed by atoms with Crippen LogP contribution in [-0.4, -0.2) is 17.8 Å². The van der Waals surface area contributed by atoms with Crippen molar-refractivity contribution in [2.45, 2.75) is 6.18 Å². The molecule has 0 bridgehead atoms. The zero-order valence-corrected chi connectivity index (χ0v) is 11.5. The van der Waals surface area contributed by atoms with Crippen LogP contribution in [0.5, 0.6) is 5.75 Å². The summed E-state index contributed by atoms with van der Waals surface area (Å²) in [7, 11) is 0. The predicted molar refractivity (Wildman–Crippen MR) is 78.7 cm³/mol. The van der Waals surface area contributed by atoms with Gasteiger partial charge in [-0.1, -0.05) is 36.4 Å². The van der Waals surface area contributed by atoms with Gasteiger partial charge < -0.3 is 4.74 Å². The molecule has 0 N–H and O–H groups in total. The Bertz CT molecular complexity index is 785. The molecule has 5 heteroatoms. The van der Waals surface area contributed by atoms with Crippen molar-refractivity contribution in [1.82, 2.24) is 4.98 Å². The molecule has 0 spiro atoms. The van der Waals surface area contributed by atoms with E-state index in [4.69, 9.17) is 4.74 Å². The van der Waals surface area contributed by atoms with Gasteiger partial charge in [0.1, 0.15) is 5.75 Å². The Morgan fingerprint density at radius 3 is 2.41 bits per heavy atom. The number of hydrogen-bond donors (Lipinski definition) is 0. The third-order valence-corrected chi connectivity index (χ3v) is 3.13. The Hall–Kier alpha value is -2.56. The van der Waals surface area contributed by atoms with Crippen LogP contribution in [-0.2, 0) is 0 Å². The number of halogens is 3. The van der Waals surface area contributed by atoms with Crippen LogP contribution in [0, 0.1) is 0 Å². The van der Waals surface area contributed by atoms with Crippen molar-refractivity contribution in [2.75, 3.05) is 6.61 Å². The Labute approximate surface area is 125 Å². The maximum Gasteiger partial charge on any atom is 0.422 e. The summed E-state index contributed by atoms with van der Waals surface area (Å²) in [6.45, 7) is -1.30. The molecule has 3 rings (SSSR count). The van der Waals surface area contributed by atoms with Crippen molar-refractivity contribution >= 4 is 10.9 Å². The van der Waals surface area contributed by atoms with E-state index in [1.807, 2.05) is 42.5 Å². The van der Waals surface area contributed by atoms with E-state index in [2.05, 4.69) is 4.98 Å². The van der Waals surface area contributed by atoms with Gasteiger partial charge in [0, 0.05) is 10.9 Å². The lowest BCUT2D eigenvalue weighted by Crippen LogP contribution is -2.19. The molecule has 0 aliphatic carbocycles. The molecule has 0 aliphatic heterocycles.